The van der Waals surface area contributed by atoms with Gasteiger partial charge in [-0.15, -0.1) is 0 Å². The molecule has 0 aromatic carbocycles. The van der Waals surface area contributed by atoms with Crippen LogP contribution in [0.4, 0.5) is 8.78 Å². The third kappa shape index (κ3) is 2.70. The summed E-state index contributed by atoms with van der Waals surface area (Å²) in [5.74, 6) is -1.26. The van der Waals surface area contributed by atoms with Gasteiger partial charge < -0.3 is 0 Å². The van der Waals surface area contributed by atoms with Gasteiger partial charge in [-0.05, 0) is 11.8 Å². The molecule has 72 valence electrons. The molecule has 0 saturated carbocycles. The van der Waals surface area contributed by atoms with Crippen molar-refractivity contribution in [1.82, 2.24) is 4.90 Å². The van der Waals surface area contributed by atoms with Gasteiger partial charge in [0.1, 0.15) is 0 Å². The summed E-state index contributed by atoms with van der Waals surface area (Å²) in [7, 11) is 0. The van der Waals surface area contributed by atoms with Gasteiger partial charge in [0.2, 0.25) is 0 Å². The van der Waals surface area contributed by atoms with Crippen molar-refractivity contribution in [3.05, 3.63) is 0 Å². The van der Waals surface area contributed by atoms with Crippen molar-refractivity contribution in [1.29, 1.82) is 0 Å². The highest BCUT2D eigenvalue weighted by molar-refractivity contribution is 4.84. The average Bonchev–Trinajstić information content (AvgIpc) is 1.74. The Balaban J connectivity index is 2.18. The number of rotatable bonds is 3. The van der Waals surface area contributed by atoms with E-state index in [-0.39, 0.29) is 6.54 Å². The van der Waals surface area contributed by atoms with Gasteiger partial charge in [-0.3, -0.25) is 4.90 Å². The van der Waals surface area contributed by atoms with Crippen molar-refractivity contribution in [3.8, 4) is 0 Å². The summed E-state index contributed by atoms with van der Waals surface area (Å²) in [6.45, 7) is 6.90. The van der Waals surface area contributed by atoms with E-state index in [1.165, 1.54) is 0 Å². The molecule has 1 fully saturated rings. The summed E-state index contributed by atoms with van der Waals surface area (Å²) in [4.78, 5) is 1.82. The largest absolute Gasteiger partial charge is 0.297 e. The highest BCUT2D eigenvalue weighted by Gasteiger charge is 2.34. The van der Waals surface area contributed by atoms with Gasteiger partial charge in [-0.2, -0.15) is 0 Å². The maximum atomic E-state index is 12.5. The lowest BCUT2D eigenvalue weighted by molar-refractivity contribution is -0.0531. The lowest BCUT2D eigenvalue weighted by atomic mass is 9.88. The van der Waals surface area contributed by atoms with Crippen LogP contribution in [0.2, 0.25) is 0 Å². The Kier molecular flexibility index (Phi) is 2.71. The van der Waals surface area contributed by atoms with Gasteiger partial charge in [0, 0.05) is 20.0 Å². The van der Waals surface area contributed by atoms with E-state index in [4.69, 9.17) is 0 Å². The van der Waals surface area contributed by atoms with Crippen LogP contribution in [0.15, 0.2) is 0 Å². The van der Waals surface area contributed by atoms with Gasteiger partial charge in [0.15, 0.2) is 0 Å². The Morgan fingerprint density at radius 3 is 2.25 bits per heavy atom. The lowest BCUT2D eigenvalue weighted by Gasteiger charge is -2.42. The minimum atomic E-state index is -2.53. The fourth-order valence-corrected chi connectivity index (χ4v) is 1.55. The van der Waals surface area contributed by atoms with E-state index >= 15 is 0 Å². The molecule has 0 aromatic rings. The van der Waals surface area contributed by atoms with Crippen molar-refractivity contribution in [2.45, 2.75) is 26.7 Å². The fraction of sp³-hybridized carbons (Fsp3) is 1.00. The maximum Gasteiger partial charge on any atom is 0.257 e. The minimum Gasteiger partial charge on any atom is -0.297 e. The normalized spacial score (nSPS) is 21.5. The summed E-state index contributed by atoms with van der Waals surface area (Å²) in [6.07, 6.45) is 0. The molecule has 0 amide bonds. The van der Waals surface area contributed by atoms with Gasteiger partial charge in [-0.1, -0.05) is 13.8 Å². The van der Waals surface area contributed by atoms with Crippen LogP contribution in [0.1, 0.15) is 20.8 Å². The van der Waals surface area contributed by atoms with Crippen molar-refractivity contribution in [2.24, 2.45) is 11.8 Å². The molecule has 3 heteroatoms. The second kappa shape index (κ2) is 3.29. The Bertz CT molecular complexity index is 145. The van der Waals surface area contributed by atoms with E-state index in [0.717, 1.165) is 20.0 Å². The zero-order chi connectivity index (χ0) is 9.35. The van der Waals surface area contributed by atoms with Crippen LogP contribution in [0.3, 0.4) is 0 Å². The van der Waals surface area contributed by atoms with Crippen LogP contribution in [0.5, 0.6) is 0 Å². The van der Waals surface area contributed by atoms with Crippen molar-refractivity contribution in [3.63, 3.8) is 0 Å². The molecule has 1 nitrogen and oxygen atoms in total. The van der Waals surface area contributed by atoms with Crippen LogP contribution in [-0.2, 0) is 0 Å². The smallest absolute Gasteiger partial charge is 0.257 e. The number of hydrogen-bond acceptors (Lipinski definition) is 1. The number of likely N-dealkylation sites (tertiary alicyclic amines) is 1. The molecule has 1 heterocycles. The molecule has 0 N–H and O–H groups in total. The first-order valence-electron chi connectivity index (χ1n) is 4.48. The minimum absolute atomic E-state index is 0.0732. The molecule has 0 atom stereocenters. The molecule has 0 radical (unpaired) electrons. The van der Waals surface area contributed by atoms with Gasteiger partial charge in [-0.25, -0.2) is 8.78 Å². The molecular formula is C9H17F2N. The predicted molar refractivity (Wildman–Crippen MR) is 45.4 cm³/mol. The molecule has 1 aliphatic rings. The van der Waals surface area contributed by atoms with Crippen molar-refractivity contribution in [2.75, 3.05) is 19.6 Å². The van der Waals surface area contributed by atoms with Crippen molar-refractivity contribution >= 4 is 0 Å². The van der Waals surface area contributed by atoms with Gasteiger partial charge >= 0.3 is 0 Å². The Hall–Kier alpha value is -0.180. The highest BCUT2D eigenvalue weighted by Crippen LogP contribution is 2.26. The fourth-order valence-electron chi connectivity index (χ4n) is 1.55. The summed E-state index contributed by atoms with van der Waals surface area (Å²) in [5, 5.41) is 0. The van der Waals surface area contributed by atoms with E-state index in [2.05, 4.69) is 13.8 Å². The Morgan fingerprint density at radius 2 is 1.92 bits per heavy atom. The summed E-state index contributed by atoms with van der Waals surface area (Å²) < 4.78 is 25.0. The molecule has 12 heavy (non-hydrogen) atoms. The van der Waals surface area contributed by atoms with Crippen LogP contribution in [0, 0.1) is 11.8 Å². The molecule has 0 aliphatic carbocycles. The monoisotopic (exact) mass is 177 g/mol. The Morgan fingerprint density at radius 1 is 1.42 bits per heavy atom. The van der Waals surface area contributed by atoms with E-state index < -0.39 is 5.92 Å². The zero-order valence-electron chi connectivity index (χ0n) is 7.98. The predicted octanol–water partition coefficient (Wildman–Crippen LogP) is 2.23. The molecule has 1 aliphatic heterocycles. The van der Waals surface area contributed by atoms with E-state index in [9.17, 15) is 8.78 Å². The van der Waals surface area contributed by atoms with Crippen molar-refractivity contribution < 1.29 is 8.78 Å². The zero-order valence-corrected chi connectivity index (χ0v) is 7.98. The van der Waals surface area contributed by atoms with Gasteiger partial charge in [0.05, 0.1) is 6.54 Å². The molecule has 1 rings (SSSR count). The molecular weight excluding hydrogens is 160 g/mol. The van der Waals surface area contributed by atoms with E-state index in [1.807, 2.05) is 4.90 Å². The summed E-state index contributed by atoms with van der Waals surface area (Å²) >= 11 is 0. The number of halogens is 2. The Labute approximate surface area is 72.7 Å². The quantitative estimate of drug-likeness (QED) is 0.639. The van der Waals surface area contributed by atoms with Crippen LogP contribution < -0.4 is 0 Å². The lowest BCUT2D eigenvalue weighted by Crippen LogP contribution is -2.52. The number of alkyl halides is 2. The van der Waals surface area contributed by atoms with Crippen LogP contribution in [0.25, 0.3) is 0 Å². The van der Waals surface area contributed by atoms with Gasteiger partial charge in [0.25, 0.3) is 5.92 Å². The third-order valence-corrected chi connectivity index (χ3v) is 2.43. The molecule has 0 spiro atoms. The second-order valence-corrected chi connectivity index (χ2v) is 4.27. The number of nitrogens with zero attached hydrogens (tertiary/aromatic N) is 1. The average molecular weight is 177 g/mol. The van der Waals surface area contributed by atoms with Crippen LogP contribution >= 0.6 is 0 Å². The first-order chi connectivity index (χ1) is 5.38. The summed E-state index contributed by atoms with van der Waals surface area (Å²) in [5.41, 5.74) is 0. The standard InChI is InChI=1S/C9H17F2N/c1-7(2)8-4-12(5-8)6-9(3,10)11/h7-8H,4-6H2,1-3H3. The van der Waals surface area contributed by atoms with Crippen LogP contribution in [-0.4, -0.2) is 30.5 Å². The number of hydrogen-bond donors (Lipinski definition) is 0. The third-order valence-electron chi connectivity index (χ3n) is 2.43. The topological polar surface area (TPSA) is 3.24 Å². The first-order valence-corrected chi connectivity index (χ1v) is 4.48. The van der Waals surface area contributed by atoms with E-state index in [0.29, 0.717) is 11.8 Å². The first kappa shape index (κ1) is 9.90. The SMILES string of the molecule is CC(C)C1CN(CC(C)(F)F)C1. The molecule has 0 aromatic heterocycles. The molecule has 1 saturated heterocycles. The highest BCUT2D eigenvalue weighted by atomic mass is 19.3. The molecule has 0 bridgehead atoms. The maximum absolute atomic E-state index is 12.5. The van der Waals surface area contributed by atoms with E-state index in [1.54, 1.807) is 0 Å². The second-order valence-electron chi connectivity index (χ2n) is 4.27. The molecule has 0 unspecified atom stereocenters. The summed E-state index contributed by atoms with van der Waals surface area (Å²) in [6, 6.07) is 0.